The second-order valence-electron chi connectivity index (χ2n) is 5.74. The van der Waals surface area contributed by atoms with Crippen LogP contribution in [0.15, 0.2) is 58.2 Å². The van der Waals surface area contributed by atoms with Gasteiger partial charge in [-0.1, -0.05) is 59.8 Å². The Labute approximate surface area is 150 Å². The lowest BCUT2D eigenvalue weighted by Gasteiger charge is -2.04. The first-order chi connectivity index (χ1) is 12.1. The number of hydrogen-bond acceptors (Lipinski definition) is 5. The van der Waals surface area contributed by atoms with Crippen LogP contribution < -0.4 is 5.32 Å². The molecule has 2 aromatic carbocycles. The Balaban J connectivity index is 1.51. The summed E-state index contributed by atoms with van der Waals surface area (Å²) in [5, 5.41) is 11.3. The van der Waals surface area contributed by atoms with Crippen LogP contribution in [0.4, 0.5) is 0 Å². The van der Waals surface area contributed by atoms with Crippen LogP contribution in [0.5, 0.6) is 0 Å². The topological polar surface area (TPSA) is 68.0 Å². The molecular weight excluding hydrogens is 334 g/mol. The maximum absolute atomic E-state index is 12.0. The molecule has 3 aromatic rings. The van der Waals surface area contributed by atoms with E-state index < -0.39 is 0 Å². The Hall–Kier alpha value is -2.60. The van der Waals surface area contributed by atoms with Gasteiger partial charge in [0.1, 0.15) is 0 Å². The highest BCUT2D eigenvalue weighted by Crippen LogP contribution is 2.25. The number of rotatable bonds is 6. The average Bonchev–Trinajstić information content (AvgIpc) is 3.08. The number of amides is 1. The van der Waals surface area contributed by atoms with Crippen molar-refractivity contribution in [2.45, 2.75) is 25.6 Å². The zero-order chi connectivity index (χ0) is 17.6. The molecule has 0 unspecified atom stereocenters. The van der Waals surface area contributed by atoms with Crippen molar-refractivity contribution in [1.29, 1.82) is 0 Å². The average molecular weight is 353 g/mol. The highest BCUT2D eigenvalue weighted by atomic mass is 32.2. The minimum atomic E-state index is -0.0683. The summed E-state index contributed by atoms with van der Waals surface area (Å²) in [4.78, 5) is 12.0. The summed E-state index contributed by atoms with van der Waals surface area (Å²) in [7, 11) is 0. The molecule has 6 heteroatoms. The Kier molecular flexibility index (Phi) is 5.50. The Morgan fingerprint density at radius 1 is 1.08 bits per heavy atom. The van der Waals surface area contributed by atoms with E-state index in [0.717, 1.165) is 16.7 Å². The van der Waals surface area contributed by atoms with Crippen molar-refractivity contribution in [1.82, 2.24) is 15.5 Å². The summed E-state index contributed by atoms with van der Waals surface area (Å²) < 4.78 is 5.64. The number of nitrogens with zero attached hydrogens (tertiary/aromatic N) is 2. The third kappa shape index (κ3) is 4.70. The maximum Gasteiger partial charge on any atom is 0.277 e. The molecule has 0 aliphatic heterocycles. The number of benzene rings is 2. The van der Waals surface area contributed by atoms with E-state index in [1.54, 1.807) is 0 Å². The van der Waals surface area contributed by atoms with Crippen molar-refractivity contribution >= 4 is 17.7 Å². The van der Waals surface area contributed by atoms with E-state index in [1.807, 2.05) is 62.4 Å². The van der Waals surface area contributed by atoms with Crippen LogP contribution in [0.3, 0.4) is 0 Å². The quantitative estimate of drug-likeness (QED) is 0.683. The summed E-state index contributed by atoms with van der Waals surface area (Å²) in [5.74, 6) is 0.642. The Bertz CT molecular complexity index is 859. The number of carbonyl (C=O) groups excluding carboxylic acids is 1. The van der Waals surface area contributed by atoms with Crippen molar-refractivity contribution in [3.05, 3.63) is 65.2 Å². The van der Waals surface area contributed by atoms with Gasteiger partial charge in [-0.05, 0) is 31.0 Å². The molecule has 1 N–H and O–H groups in total. The standard InChI is InChI=1S/C19H19N3O2S/c1-13-7-9-15(10-8-13)11-20-17(23)12-25-19-22-21-18(24-19)16-6-4-3-5-14(16)2/h3-10H,11-12H2,1-2H3,(H,20,23). The van der Waals surface area contributed by atoms with Crippen LogP contribution in [-0.4, -0.2) is 21.9 Å². The molecule has 0 fully saturated rings. The zero-order valence-corrected chi connectivity index (χ0v) is 15.0. The van der Waals surface area contributed by atoms with Crippen LogP contribution in [0.25, 0.3) is 11.5 Å². The molecule has 5 nitrogen and oxygen atoms in total. The fraction of sp³-hybridized carbons (Fsp3) is 0.211. The molecule has 0 bridgehead atoms. The van der Waals surface area contributed by atoms with Crippen LogP contribution in [-0.2, 0) is 11.3 Å². The van der Waals surface area contributed by atoms with Crippen molar-refractivity contribution in [3.8, 4) is 11.5 Å². The van der Waals surface area contributed by atoms with Gasteiger partial charge in [0.25, 0.3) is 5.22 Å². The first-order valence-corrected chi connectivity index (χ1v) is 8.95. The molecule has 0 aliphatic carbocycles. The number of hydrogen-bond donors (Lipinski definition) is 1. The number of carbonyl (C=O) groups is 1. The summed E-state index contributed by atoms with van der Waals surface area (Å²) in [6.45, 7) is 4.54. The smallest absolute Gasteiger partial charge is 0.277 e. The SMILES string of the molecule is Cc1ccc(CNC(=O)CSc2nnc(-c3ccccc3C)o2)cc1. The summed E-state index contributed by atoms with van der Waals surface area (Å²) in [5.41, 5.74) is 4.25. The number of nitrogens with one attached hydrogen (secondary N) is 1. The molecule has 1 amide bonds. The Morgan fingerprint density at radius 3 is 2.60 bits per heavy atom. The van der Waals surface area contributed by atoms with Gasteiger partial charge in [-0.3, -0.25) is 4.79 Å². The molecule has 128 valence electrons. The fourth-order valence-corrected chi connectivity index (χ4v) is 2.87. The van der Waals surface area contributed by atoms with Gasteiger partial charge in [0.15, 0.2) is 0 Å². The molecule has 0 atom stereocenters. The molecule has 3 rings (SSSR count). The highest BCUT2D eigenvalue weighted by Gasteiger charge is 2.12. The fourth-order valence-electron chi connectivity index (χ4n) is 2.27. The monoisotopic (exact) mass is 353 g/mol. The largest absolute Gasteiger partial charge is 0.411 e. The Morgan fingerprint density at radius 2 is 1.84 bits per heavy atom. The van der Waals surface area contributed by atoms with E-state index in [1.165, 1.54) is 17.3 Å². The van der Waals surface area contributed by atoms with Crippen molar-refractivity contribution in [3.63, 3.8) is 0 Å². The predicted octanol–water partition coefficient (Wildman–Crippen LogP) is 3.76. The van der Waals surface area contributed by atoms with E-state index in [4.69, 9.17) is 4.42 Å². The number of aromatic nitrogens is 2. The van der Waals surface area contributed by atoms with E-state index >= 15 is 0 Å². The van der Waals surface area contributed by atoms with Crippen molar-refractivity contribution in [2.75, 3.05) is 5.75 Å². The lowest BCUT2D eigenvalue weighted by atomic mass is 10.1. The second kappa shape index (κ2) is 7.98. The van der Waals surface area contributed by atoms with Crippen molar-refractivity contribution < 1.29 is 9.21 Å². The van der Waals surface area contributed by atoms with E-state index in [2.05, 4.69) is 15.5 Å². The molecule has 1 aromatic heterocycles. The van der Waals surface area contributed by atoms with Crippen LogP contribution >= 0.6 is 11.8 Å². The summed E-state index contributed by atoms with van der Waals surface area (Å²) >= 11 is 1.24. The molecule has 1 heterocycles. The number of thioether (sulfide) groups is 1. The highest BCUT2D eigenvalue weighted by molar-refractivity contribution is 7.99. The molecule has 0 saturated carbocycles. The third-order valence-corrected chi connectivity index (χ3v) is 4.54. The van der Waals surface area contributed by atoms with Crippen molar-refractivity contribution in [2.24, 2.45) is 0 Å². The van der Waals surface area contributed by atoms with Crippen LogP contribution in [0.1, 0.15) is 16.7 Å². The van der Waals surface area contributed by atoms with Crippen LogP contribution in [0.2, 0.25) is 0 Å². The van der Waals surface area contributed by atoms with Gasteiger partial charge >= 0.3 is 0 Å². The minimum absolute atomic E-state index is 0.0683. The normalized spacial score (nSPS) is 10.6. The van der Waals surface area contributed by atoms with Gasteiger partial charge in [-0.15, -0.1) is 10.2 Å². The first-order valence-electron chi connectivity index (χ1n) is 7.96. The third-order valence-electron chi connectivity index (χ3n) is 3.72. The van der Waals surface area contributed by atoms with Gasteiger partial charge < -0.3 is 9.73 Å². The van der Waals surface area contributed by atoms with Gasteiger partial charge in [0.2, 0.25) is 11.8 Å². The van der Waals surface area contributed by atoms with Gasteiger partial charge in [0, 0.05) is 12.1 Å². The second-order valence-corrected chi connectivity index (χ2v) is 6.67. The molecule has 0 radical (unpaired) electrons. The van der Waals surface area contributed by atoms with E-state index in [9.17, 15) is 4.79 Å². The zero-order valence-electron chi connectivity index (χ0n) is 14.2. The molecular formula is C19H19N3O2S. The first kappa shape index (κ1) is 17.2. The van der Waals surface area contributed by atoms with Gasteiger partial charge in [0.05, 0.1) is 5.75 Å². The van der Waals surface area contributed by atoms with Gasteiger partial charge in [-0.25, -0.2) is 0 Å². The van der Waals surface area contributed by atoms with Gasteiger partial charge in [-0.2, -0.15) is 0 Å². The molecule has 0 saturated heterocycles. The molecule has 0 spiro atoms. The molecule has 0 aliphatic rings. The predicted molar refractivity (Wildman–Crippen MR) is 98.2 cm³/mol. The lowest BCUT2D eigenvalue weighted by molar-refractivity contribution is -0.118. The summed E-state index contributed by atoms with van der Waals surface area (Å²) in [6.07, 6.45) is 0. The molecule has 25 heavy (non-hydrogen) atoms. The minimum Gasteiger partial charge on any atom is -0.411 e. The number of aryl methyl sites for hydroxylation is 2. The lowest BCUT2D eigenvalue weighted by Crippen LogP contribution is -2.24. The summed E-state index contributed by atoms with van der Waals surface area (Å²) in [6, 6.07) is 15.9. The van der Waals surface area contributed by atoms with E-state index in [0.29, 0.717) is 17.7 Å². The van der Waals surface area contributed by atoms with Crippen LogP contribution in [0, 0.1) is 13.8 Å². The van der Waals surface area contributed by atoms with E-state index in [-0.39, 0.29) is 11.7 Å². The maximum atomic E-state index is 12.0.